The molecule has 0 atom stereocenters. The second kappa shape index (κ2) is 5.40. The maximum absolute atomic E-state index is 11.2. The van der Waals surface area contributed by atoms with E-state index in [4.69, 9.17) is 19.9 Å². The largest absolute Gasteiger partial charge is 0.454 e. The Hall–Kier alpha value is -1.95. The normalized spacial score (nSPS) is 12.3. The molecular weight excluding hydrogens is 224 g/mol. The second-order valence-electron chi connectivity index (χ2n) is 3.47. The topological polar surface area (TPSA) is 82.8 Å². The van der Waals surface area contributed by atoms with Crippen LogP contribution < -0.4 is 20.5 Å². The summed E-state index contributed by atoms with van der Waals surface area (Å²) in [5, 5.41) is 2.61. The van der Waals surface area contributed by atoms with E-state index in [1.807, 2.05) is 18.2 Å². The molecule has 0 fully saturated rings. The van der Waals surface area contributed by atoms with Crippen molar-refractivity contribution in [2.45, 2.75) is 6.54 Å². The molecule has 1 heterocycles. The van der Waals surface area contributed by atoms with E-state index in [9.17, 15) is 4.79 Å². The number of rotatable bonds is 4. The minimum atomic E-state index is -0.479. The number of nitrogens with two attached hydrogens (primary N) is 1. The van der Waals surface area contributed by atoms with Crippen LogP contribution in [-0.4, -0.2) is 26.0 Å². The molecule has 1 aromatic rings. The Morgan fingerprint density at radius 3 is 3.06 bits per heavy atom. The van der Waals surface area contributed by atoms with Crippen LogP contribution in [0.5, 0.6) is 11.5 Å². The van der Waals surface area contributed by atoms with Gasteiger partial charge in [-0.05, 0) is 17.7 Å². The monoisotopic (exact) mass is 238 g/mol. The Bertz CT molecular complexity index is 408. The fourth-order valence-corrected chi connectivity index (χ4v) is 1.43. The average Bonchev–Trinajstić information content (AvgIpc) is 2.81. The predicted octanol–water partition coefficient (Wildman–Crippen LogP) is 0.600. The molecule has 17 heavy (non-hydrogen) atoms. The molecule has 0 saturated heterocycles. The molecule has 0 unspecified atom stereocenters. The molecule has 0 bridgehead atoms. The van der Waals surface area contributed by atoms with Gasteiger partial charge in [0.25, 0.3) is 0 Å². The fourth-order valence-electron chi connectivity index (χ4n) is 1.43. The summed E-state index contributed by atoms with van der Waals surface area (Å²) in [4.78, 5) is 11.2. The Kier molecular flexibility index (Phi) is 3.66. The summed E-state index contributed by atoms with van der Waals surface area (Å²) >= 11 is 0. The lowest BCUT2D eigenvalue weighted by atomic mass is 10.2. The number of hydrogen-bond acceptors (Lipinski definition) is 5. The van der Waals surface area contributed by atoms with Crippen LogP contribution in [0.4, 0.5) is 4.79 Å². The number of alkyl carbamates (subject to hydrolysis) is 1. The Balaban J connectivity index is 1.85. The van der Waals surface area contributed by atoms with Crippen LogP contribution in [0, 0.1) is 0 Å². The van der Waals surface area contributed by atoms with Gasteiger partial charge in [-0.15, -0.1) is 0 Å². The van der Waals surface area contributed by atoms with Gasteiger partial charge in [0.1, 0.15) is 6.61 Å². The van der Waals surface area contributed by atoms with E-state index < -0.39 is 6.09 Å². The Morgan fingerprint density at radius 2 is 2.24 bits per heavy atom. The molecular formula is C11H14N2O4. The molecule has 0 radical (unpaired) electrons. The van der Waals surface area contributed by atoms with E-state index in [1.165, 1.54) is 0 Å². The van der Waals surface area contributed by atoms with Gasteiger partial charge in [0.15, 0.2) is 11.5 Å². The van der Waals surface area contributed by atoms with Crippen LogP contribution in [0.3, 0.4) is 0 Å². The third kappa shape index (κ3) is 3.01. The predicted molar refractivity (Wildman–Crippen MR) is 59.8 cm³/mol. The van der Waals surface area contributed by atoms with Gasteiger partial charge in [0.2, 0.25) is 6.79 Å². The van der Waals surface area contributed by atoms with Crippen LogP contribution in [0.15, 0.2) is 18.2 Å². The molecule has 92 valence electrons. The highest BCUT2D eigenvalue weighted by Gasteiger charge is 2.13. The van der Waals surface area contributed by atoms with E-state index in [0.29, 0.717) is 18.8 Å². The van der Waals surface area contributed by atoms with Crippen LogP contribution in [0.1, 0.15) is 5.56 Å². The third-order valence-electron chi connectivity index (χ3n) is 2.22. The summed E-state index contributed by atoms with van der Waals surface area (Å²) in [6.45, 7) is 1.15. The first-order chi connectivity index (χ1) is 8.29. The lowest BCUT2D eigenvalue weighted by Crippen LogP contribution is -2.25. The summed E-state index contributed by atoms with van der Waals surface area (Å²) in [6, 6.07) is 5.49. The van der Waals surface area contributed by atoms with E-state index >= 15 is 0 Å². The van der Waals surface area contributed by atoms with Gasteiger partial charge in [-0.3, -0.25) is 0 Å². The molecule has 0 aliphatic carbocycles. The molecule has 3 N–H and O–H groups in total. The van der Waals surface area contributed by atoms with Gasteiger partial charge in [-0.1, -0.05) is 6.07 Å². The van der Waals surface area contributed by atoms with E-state index in [0.717, 1.165) is 11.3 Å². The number of hydrogen-bond donors (Lipinski definition) is 2. The molecule has 1 aliphatic rings. The minimum absolute atomic E-state index is 0.215. The van der Waals surface area contributed by atoms with E-state index in [-0.39, 0.29) is 13.4 Å². The van der Waals surface area contributed by atoms with Crippen LogP contribution in [0.25, 0.3) is 0 Å². The van der Waals surface area contributed by atoms with E-state index in [1.54, 1.807) is 0 Å². The van der Waals surface area contributed by atoms with Gasteiger partial charge >= 0.3 is 6.09 Å². The number of amides is 1. The average molecular weight is 238 g/mol. The van der Waals surface area contributed by atoms with Crippen molar-refractivity contribution in [3.05, 3.63) is 23.8 Å². The molecule has 0 spiro atoms. The van der Waals surface area contributed by atoms with Crippen molar-refractivity contribution < 1.29 is 19.0 Å². The van der Waals surface area contributed by atoms with Gasteiger partial charge in [0.05, 0.1) is 0 Å². The molecule has 0 saturated carbocycles. The lowest BCUT2D eigenvalue weighted by Gasteiger charge is -2.06. The molecule has 1 aliphatic heterocycles. The summed E-state index contributed by atoms with van der Waals surface area (Å²) in [5.41, 5.74) is 6.13. The summed E-state index contributed by atoms with van der Waals surface area (Å²) < 4.78 is 15.2. The second-order valence-corrected chi connectivity index (χ2v) is 3.47. The van der Waals surface area contributed by atoms with Gasteiger partial charge in [0, 0.05) is 13.1 Å². The smallest absolute Gasteiger partial charge is 0.407 e. The summed E-state index contributed by atoms with van der Waals surface area (Å²) in [5.74, 6) is 1.42. The number of fused-ring (bicyclic) bond motifs is 1. The molecule has 6 nitrogen and oxygen atoms in total. The first-order valence-electron chi connectivity index (χ1n) is 5.29. The van der Waals surface area contributed by atoms with Crippen molar-refractivity contribution in [3.63, 3.8) is 0 Å². The first-order valence-corrected chi connectivity index (χ1v) is 5.29. The van der Waals surface area contributed by atoms with Crippen LogP contribution in [-0.2, 0) is 11.3 Å². The van der Waals surface area contributed by atoms with Crippen molar-refractivity contribution in [3.8, 4) is 11.5 Å². The van der Waals surface area contributed by atoms with Gasteiger partial charge < -0.3 is 25.3 Å². The van der Waals surface area contributed by atoms with Crippen molar-refractivity contribution in [2.24, 2.45) is 5.73 Å². The van der Waals surface area contributed by atoms with Crippen molar-refractivity contribution >= 4 is 6.09 Å². The summed E-state index contributed by atoms with van der Waals surface area (Å²) in [7, 11) is 0. The highest BCUT2D eigenvalue weighted by molar-refractivity contribution is 5.67. The first kappa shape index (κ1) is 11.5. The zero-order valence-corrected chi connectivity index (χ0v) is 9.27. The highest BCUT2D eigenvalue weighted by Crippen LogP contribution is 2.32. The van der Waals surface area contributed by atoms with E-state index in [2.05, 4.69) is 5.32 Å². The standard InChI is InChI=1S/C11H14N2O4/c12-3-4-15-11(14)13-6-8-1-2-9-10(5-8)17-7-16-9/h1-2,5H,3-4,6-7,12H2,(H,13,14). The number of benzene rings is 1. The van der Waals surface area contributed by atoms with Gasteiger partial charge in [-0.2, -0.15) is 0 Å². The Morgan fingerprint density at radius 1 is 1.41 bits per heavy atom. The maximum atomic E-state index is 11.2. The number of carbonyl (C=O) groups excluding carboxylic acids is 1. The number of nitrogens with one attached hydrogen (secondary N) is 1. The quantitative estimate of drug-likeness (QED) is 0.802. The molecule has 1 amide bonds. The number of carbonyl (C=O) groups is 1. The van der Waals surface area contributed by atoms with Crippen molar-refractivity contribution in [2.75, 3.05) is 19.9 Å². The number of ether oxygens (including phenoxy) is 3. The van der Waals surface area contributed by atoms with Crippen molar-refractivity contribution in [1.82, 2.24) is 5.32 Å². The van der Waals surface area contributed by atoms with Crippen molar-refractivity contribution in [1.29, 1.82) is 0 Å². The van der Waals surface area contributed by atoms with Crippen LogP contribution >= 0.6 is 0 Å². The Labute approximate surface area is 98.6 Å². The molecule has 0 aromatic heterocycles. The highest BCUT2D eigenvalue weighted by atomic mass is 16.7. The SMILES string of the molecule is NCCOC(=O)NCc1ccc2c(c1)OCO2. The molecule has 2 rings (SSSR count). The van der Waals surface area contributed by atoms with Gasteiger partial charge in [-0.25, -0.2) is 4.79 Å². The zero-order valence-electron chi connectivity index (χ0n) is 9.27. The zero-order chi connectivity index (χ0) is 12.1. The molecule has 6 heteroatoms. The third-order valence-corrected chi connectivity index (χ3v) is 2.22. The fraction of sp³-hybridized carbons (Fsp3) is 0.364. The minimum Gasteiger partial charge on any atom is -0.454 e. The summed E-state index contributed by atoms with van der Waals surface area (Å²) in [6.07, 6.45) is -0.479. The lowest BCUT2D eigenvalue weighted by molar-refractivity contribution is 0.149. The van der Waals surface area contributed by atoms with Crippen LogP contribution in [0.2, 0.25) is 0 Å². The maximum Gasteiger partial charge on any atom is 0.407 e. The molecule has 1 aromatic carbocycles.